The van der Waals surface area contributed by atoms with E-state index in [9.17, 15) is 9.59 Å². The van der Waals surface area contributed by atoms with Crippen LogP contribution in [-0.4, -0.2) is 84.8 Å². The van der Waals surface area contributed by atoms with Crippen molar-refractivity contribution in [2.45, 2.75) is 45.8 Å². The molecule has 2 heterocycles. The van der Waals surface area contributed by atoms with Gasteiger partial charge >= 0.3 is 0 Å². The third-order valence-electron chi connectivity index (χ3n) is 5.69. The molecule has 0 atom stereocenters. The van der Waals surface area contributed by atoms with Gasteiger partial charge in [-0.3, -0.25) is 19.5 Å². The first-order valence-electron chi connectivity index (χ1n) is 11.3. The van der Waals surface area contributed by atoms with E-state index >= 15 is 0 Å². The number of nitrogens with zero attached hydrogens (tertiary/aromatic N) is 4. The molecule has 0 spiro atoms. The van der Waals surface area contributed by atoms with Crippen LogP contribution in [-0.2, 0) is 22.7 Å². The third-order valence-corrected chi connectivity index (χ3v) is 5.69. The molecule has 0 bridgehead atoms. The molecule has 2 aliphatic rings. The molecule has 2 N–H and O–H groups in total. The van der Waals surface area contributed by atoms with Crippen LogP contribution in [0.15, 0.2) is 29.3 Å². The highest BCUT2D eigenvalue weighted by atomic mass is 16.2. The summed E-state index contributed by atoms with van der Waals surface area (Å²) in [5.41, 5.74) is 2.34. The number of piperazine rings is 1. The fourth-order valence-electron chi connectivity index (χ4n) is 4.13. The fourth-order valence-corrected chi connectivity index (χ4v) is 4.13. The number of carbonyl (C=O) groups excluding carboxylic acids is 2. The van der Waals surface area contributed by atoms with Gasteiger partial charge in [-0.1, -0.05) is 24.3 Å². The summed E-state index contributed by atoms with van der Waals surface area (Å²) in [4.78, 5) is 34.7. The number of aliphatic imine (C=N–C) groups is 1. The van der Waals surface area contributed by atoms with Crippen LogP contribution in [0, 0.1) is 0 Å². The number of amides is 2. The molecule has 1 aromatic carbocycles. The van der Waals surface area contributed by atoms with E-state index < -0.39 is 0 Å². The van der Waals surface area contributed by atoms with Crippen LogP contribution in [0.3, 0.4) is 0 Å². The van der Waals surface area contributed by atoms with Crippen molar-refractivity contribution in [2.24, 2.45) is 4.99 Å². The second kappa shape index (κ2) is 11.1. The second-order valence-electron chi connectivity index (χ2n) is 8.62. The van der Waals surface area contributed by atoms with Gasteiger partial charge in [0.05, 0.1) is 6.54 Å². The third kappa shape index (κ3) is 6.95. The Morgan fingerprint density at radius 3 is 2.52 bits per heavy atom. The Balaban J connectivity index is 1.46. The Bertz CT molecular complexity index is 786. The summed E-state index contributed by atoms with van der Waals surface area (Å²) in [5, 5.41) is 6.42. The molecule has 0 saturated carbocycles. The normalized spacial score (nSPS) is 18.1. The Morgan fingerprint density at radius 2 is 1.87 bits per heavy atom. The van der Waals surface area contributed by atoms with Gasteiger partial charge in [-0.05, 0) is 31.4 Å². The highest BCUT2D eigenvalue weighted by Crippen LogP contribution is 2.15. The molecule has 3 rings (SSSR count). The van der Waals surface area contributed by atoms with Crippen LogP contribution in [0.1, 0.15) is 37.8 Å². The van der Waals surface area contributed by atoms with E-state index in [0.29, 0.717) is 26.1 Å². The Kier molecular flexibility index (Phi) is 8.28. The number of guanidine groups is 1. The number of carbonyl (C=O) groups is 2. The second-order valence-corrected chi connectivity index (χ2v) is 8.62. The van der Waals surface area contributed by atoms with Crippen LogP contribution in [0.5, 0.6) is 0 Å². The fraction of sp³-hybridized carbons (Fsp3) is 0.609. The van der Waals surface area contributed by atoms with E-state index in [0.717, 1.165) is 50.7 Å². The number of likely N-dealkylation sites (tertiary alicyclic amines) is 1. The largest absolute Gasteiger partial charge is 0.353 e. The minimum Gasteiger partial charge on any atom is -0.353 e. The van der Waals surface area contributed by atoms with Crippen molar-refractivity contribution in [3.05, 3.63) is 35.4 Å². The standard InChI is InChI=1S/C23H36N6O2/c1-18(2)26-21(30)17-27-10-12-28(13-11-27)23(24-3)25-15-19-6-4-7-20(14-19)16-29-9-5-8-22(29)31/h4,6-7,14,18H,5,8-13,15-17H2,1-3H3,(H,24,25)(H,26,30). The van der Waals surface area contributed by atoms with Crippen LogP contribution in [0.2, 0.25) is 0 Å². The minimum atomic E-state index is 0.0847. The van der Waals surface area contributed by atoms with Crippen molar-refractivity contribution < 1.29 is 9.59 Å². The van der Waals surface area contributed by atoms with Crippen molar-refractivity contribution in [3.8, 4) is 0 Å². The predicted molar refractivity (Wildman–Crippen MR) is 123 cm³/mol. The molecule has 0 aromatic heterocycles. The van der Waals surface area contributed by atoms with Crippen LogP contribution in [0.25, 0.3) is 0 Å². The molecular formula is C23H36N6O2. The van der Waals surface area contributed by atoms with Crippen molar-refractivity contribution in [1.29, 1.82) is 0 Å². The van der Waals surface area contributed by atoms with E-state index in [1.807, 2.05) is 18.7 Å². The highest BCUT2D eigenvalue weighted by molar-refractivity contribution is 5.80. The summed E-state index contributed by atoms with van der Waals surface area (Å²) in [6.07, 6.45) is 1.64. The molecule has 2 fully saturated rings. The first-order chi connectivity index (χ1) is 14.9. The Labute approximate surface area is 185 Å². The summed E-state index contributed by atoms with van der Waals surface area (Å²) in [6.45, 7) is 10.00. The van der Waals surface area contributed by atoms with Gasteiger partial charge in [-0.15, -0.1) is 0 Å². The van der Waals surface area contributed by atoms with E-state index in [1.165, 1.54) is 5.56 Å². The molecule has 2 saturated heterocycles. The monoisotopic (exact) mass is 428 g/mol. The lowest BCUT2D eigenvalue weighted by Gasteiger charge is -2.36. The summed E-state index contributed by atoms with van der Waals surface area (Å²) < 4.78 is 0. The number of hydrogen-bond acceptors (Lipinski definition) is 4. The average Bonchev–Trinajstić information content (AvgIpc) is 3.13. The van der Waals surface area contributed by atoms with E-state index in [1.54, 1.807) is 7.05 Å². The highest BCUT2D eigenvalue weighted by Gasteiger charge is 2.22. The number of rotatable bonds is 7. The quantitative estimate of drug-likeness (QED) is 0.501. The summed E-state index contributed by atoms with van der Waals surface area (Å²) in [5.74, 6) is 1.22. The zero-order chi connectivity index (χ0) is 22.2. The van der Waals surface area contributed by atoms with E-state index in [-0.39, 0.29) is 17.9 Å². The smallest absolute Gasteiger partial charge is 0.234 e. The summed E-state index contributed by atoms with van der Waals surface area (Å²) in [6, 6.07) is 8.57. The van der Waals surface area contributed by atoms with Gasteiger partial charge in [-0.25, -0.2) is 0 Å². The molecule has 1 aromatic rings. The van der Waals surface area contributed by atoms with Crippen molar-refractivity contribution in [2.75, 3.05) is 46.3 Å². The van der Waals surface area contributed by atoms with Gasteiger partial charge in [0.2, 0.25) is 11.8 Å². The average molecular weight is 429 g/mol. The lowest BCUT2D eigenvalue weighted by molar-refractivity contribution is -0.128. The lowest BCUT2D eigenvalue weighted by atomic mass is 10.1. The van der Waals surface area contributed by atoms with E-state index in [4.69, 9.17) is 0 Å². The number of nitrogens with one attached hydrogen (secondary N) is 2. The molecule has 8 heteroatoms. The first-order valence-corrected chi connectivity index (χ1v) is 11.3. The topological polar surface area (TPSA) is 80.3 Å². The van der Waals surface area contributed by atoms with E-state index in [2.05, 4.69) is 49.7 Å². The van der Waals surface area contributed by atoms with Crippen LogP contribution < -0.4 is 10.6 Å². The molecule has 0 unspecified atom stereocenters. The molecule has 2 amide bonds. The molecular weight excluding hydrogens is 392 g/mol. The maximum absolute atomic E-state index is 12.0. The van der Waals surface area contributed by atoms with Gasteiger partial charge in [0.25, 0.3) is 0 Å². The summed E-state index contributed by atoms with van der Waals surface area (Å²) >= 11 is 0. The zero-order valence-electron chi connectivity index (χ0n) is 19.1. The first kappa shape index (κ1) is 23.1. The van der Waals surface area contributed by atoms with Gasteiger partial charge < -0.3 is 20.4 Å². The number of benzene rings is 1. The predicted octanol–water partition coefficient (Wildman–Crippen LogP) is 1.03. The number of hydrogen-bond donors (Lipinski definition) is 2. The van der Waals surface area contributed by atoms with Crippen molar-refractivity contribution in [1.82, 2.24) is 25.3 Å². The minimum absolute atomic E-state index is 0.0847. The van der Waals surface area contributed by atoms with Crippen LogP contribution in [0.4, 0.5) is 0 Å². The van der Waals surface area contributed by atoms with Gasteiger partial charge in [0.15, 0.2) is 5.96 Å². The Morgan fingerprint density at radius 1 is 1.13 bits per heavy atom. The van der Waals surface area contributed by atoms with Crippen molar-refractivity contribution >= 4 is 17.8 Å². The van der Waals surface area contributed by atoms with Gasteiger partial charge in [-0.2, -0.15) is 0 Å². The Hall–Kier alpha value is -2.61. The summed E-state index contributed by atoms with van der Waals surface area (Å²) in [7, 11) is 1.81. The van der Waals surface area contributed by atoms with Gasteiger partial charge in [0.1, 0.15) is 0 Å². The van der Waals surface area contributed by atoms with Crippen molar-refractivity contribution in [3.63, 3.8) is 0 Å². The molecule has 170 valence electrons. The maximum Gasteiger partial charge on any atom is 0.234 e. The van der Waals surface area contributed by atoms with Gasteiger partial charge in [0, 0.05) is 65.3 Å². The molecule has 8 nitrogen and oxygen atoms in total. The lowest BCUT2D eigenvalue weighted by Crippen LogP contribution is -2.54. The van der Waals surface area contributed by atoms with Crippen LogP contribution >= 0.6 is 0 Å². The molecule has 0 aliphatic carbocycles. The maximum atomic E-state index is 12.0. The SMILES string of the molecule is CN=C(NCc1cccc(CN2CCCC2=O)c1)N1CCN(CC(=O)NC(C)C)CC1. The molecule has 0 radical (unpaired) electrons. The zero-order valence-corrected chi connectivity index (χ0v) is 19.1. The molecule has 2 aliphatic heterocycles. The molecule has 31 heavy (non-hydrogen) atoms.